The van der Waals surface area contributed by atoms with E-state index in [4.69, 9.17) is 14.0 Å². The number of H-pyrrole nitrogens is 1. The molecule has 0 radical (unpaired) electrons. The van der Waals surface area contributed by atoms with Crippen molar-refractivity contribution in [2.24, 2.45) is 0 Å². The van der Waals surface area contributed by atoms with Gasteiger partial charge < -0.3 is 24.1 Å². The number of hydrogen-bond donors (Lipinski definition) is 2. The van der Waals surface area contributed by atoms with E-state index in [0.29, 0.717) is 56.2 Å². The van der Waals surface area contributed by atoms with E-state index in [0.717, 1.165) is 18.6 Å². The van der Waals surface area contributed by atoms with E-state index in [1.165, 1.54) is 44.6 Å². The molecule has 2 rings (SSSR count). The molecule has 0 saturated carbocycles. The summed E-state index contributed by atoms with van der Waals surface area (Å²) in [6, 6.07) is 3.05. The second-order valence-electron chi connectivity index (χ2n) is 7.84. The average Bonchev–Trinajstić information content (AvgIpc) is 3.20. The molecule has 0 amide bonds. The molecule has 2 N–H and O–H groups in total. The zero-order valence-corrected chi connectivity index (χ0v) is 19.1. The second-order valence-corrected chi connectivity index (χ2v) is 7.84. The molecule has 0 fully saturated rings. The van der Waals surface area contributed by atoms with Gasteiger partial charge in [0.2, 0.25) is 0 Å². The van der Waals surface area contributed by atoms with Crippen LogP contribution in [0, 0.1) is 0 Å². The van der Waals surface area contributed by atoms with Crippen molar-refractivity contribution < 1.29 is 19.1 Å². The molecular weight excluding hydrogens is 396 g/mol. The monoisotopic (exact) mass is 434 g/mol. The first-order valence-corrected chi connectivity index (χ1v) is 11.7. The van der Waals surface area contributed by atoms with Gasteiger partial charge in [-0.1, -0.05) is 50.6 Å². The van der Waals surface area contributed by atoms with Crippen LogP contribution in [0.2, 0.25) is 0 Å². The minimum Gasteiger partial charge on any atom is -0.507 e. The maximum absolute atomic E-state index is 11.9. The van der Waals surface area contributed by atoms with Gasteiger partial charge in [-0.2, -0.15) is 0 Å². The number of nitrogens with one attached hydrogen (secondary N) is 1. The van der Waals surface area contributed by atoms with E-state index in [1.54, 1.807) is 0 Å². The van der Waals surface area contributed by atoms with Crippen LogP contribution >= 0.6 is 0 Å². The highest BCUT2D eigenvalue weighted by atomic mass is 16.5. The van der Waals surface area contributed by atoms with Crippen molar-refractivity contribution >= 4 is 0 Å². The smallest absolute Gasteiger partial charge is 0.251 e. The van der Waals surface area contributed by atoms with Gasteiger partial charge in [0.25, 0.3) is 5.56 Å². The SMILES string of the molecule is CCCCCCCCCc1cc(-c2c(O)cc(=O)[nH]c2CCCOCCOCC)no1. The minimum absolute atomic E-state index is 0.0770. The Kier molecular flexibility index (Phi) is 12.0. The zero-order chi connectivity index (χ0) is 22.3. The highest BCUT2D eigenvalue weighted by Gasteiger charge is 2.17. The van der Waals surface area contributed by atoms with E-state index >= 15 is 0 Å². The molecule has 0 unspecified atom stereocenters. The fraction of sp³-hybridized carbons (Fsp3) is 0.667. The van der Waals surface area contributed by atoms with Crippen LogP contribution in [-0.4, -0.2) is 41.7 Å². The Balaban J connectivity index is 1.89. The number of nitrogens with zero attached hydrogens (tertiary/aromatic N) is 1. The summed E-state index contributed by atoms with van der Waals surface area (Å²) in [7, 11) is 0. The van der Waals surface area contributed by atoms with Crippen LogP contribution in [0.1, 0.15) is 76.7 Å². The Labute approximate surface area is 185 Å². The third-order valence-electron chi connectivity index (χ3n) is 5.23. The van der Waals surface area contributed by atoms with Crippen LogP contribution in [0.5, 0.6) is 5.75 Å². The van der Waals surface area contributed by atoms with Crippen LogP contribution < -0.4 is 5.56 Å². The van der Waals surface area contributed by atoms with Gasteiger partial charge in [0, 0.05) is 37.5 Å². The van der Waals surface area contributed by atoms with Gasteiger partial charge in [-0.15, -0.1) is 0 Å². The number of aromatic hydroxyl groups is 1. The number of rotatable bonds is 17. The lowest BCUT2D eigenvalue weighted by Gasteiger charge is -2.09. The predicted octanol–water partition coefficient (Wildman–Crippen LogP) is 5.01. The average molecular weight is 435 g/mol. The molecule has 2 heterocycles. The lowest BCUT2D eigenvalue weighted by Crippen LogP contribution is -2.11. The van der Waals surface area contributed by atoms with Gasteiger partial charge in [-0.25, -0.2) is 0 Å². The second kappa shape index (κ2) is 14.8. The van der Waals surface area contributed by atoms with Crippen molar-refractivity contribution in [3.8, 4) is 17.0 Å². The van der Waals surface area contributed by atoms with Gasteiger partial charge in [0.1, 0.15) is 17.2 Å². The van der Waals surface area contributed by atoms with E-state index in [-0.39, 0.29) is 11.3 Å². The van der Waals surface area contributed by atoms with Gasteiger partial charge in [-0.3, -0.25) is 4.79 Å². The molecule has 0 spiro atoms. The maximum atomic E-state index is 11.9. The zero-order valence-electron chi connectivity index (χ0n) is 19.1. The normalized spacial score (nSPS) is 11.3. The van der Waals surface area contributed by atoms with Crippen molar-refractivity contribution in [2.75, 3.05) is 26.4 Å². The van der Waals surface area contributed by atoms with Gasteiger partial charge in [0.15, 0.2) is 0 Å². The summed E-state index contributed by atoms with van der Waals surface area (Å²) in [6.45, 7) is 6.52. The number of aryl methyl sites for hydroxylation is 2. The van der Waals surface area contributed by atoms with Crippen molar-refractivity contribution in [3.05, 3.63) is 33.9 Å². The van der Waals surface area contributed by atoms with E-state index in [9.17, 15) is 9.90 Å². The Bertz CT molecular complexity index is 800. The largest absolute Gasteiger partial charge is 0.507 e. The number of ether oxygens (including phenoxy) is 2. The van der Waals surface area contributed by atoms with Gasteiger partial charge in [0.05, 0.1) is 18.8 Å². The number of hydrogen-bond acceptors (Lipinski definition) is 6. The molecule has 0 aromatic carbocycles. The minimum atomic E-state index is -0.333. The van der Waals surface area contributed by atoms with Crippen molar-refractivity contribution in [1.29, 1.82) is 0 Å². The third kappa shape index (κ3) is 9.27. The summed E-state index contributed by atoms with van der Waals surface area (Å²) in [4.78, 5) is 14.7. The molecule has 0 aliphatic rings. The van der Waals surface area contributed by atoms with E-state index in [2.05, 4.69) is 17.1 Å². The first kappa shape index (κ1) is 25.1. The quantitative estimate of drug-likeness (QED) is 0.340. The molecule has 0 saturated heterocycles. The summed E-state index contributed by atoms with van der Waals surface area (Å²) in [5.74, 6) is 0.728. The number of aromatic nitrogens is 2. The summed E-state index contributed by atoms with van der Waals surface area (Å²) >= 11 is 0. The first-order chi connectivity index (χ1) is 15.2. The Hall–Kier alpha value is -2.12. The van der Waals surface area contributed by atoms with E-state index < -0.39 is 0 Å². The third-order valence-corrected chi connectivity index (χ3v) is 5.23. The molecule has 0 atom stereocenters. The molecule has 174 valence electrons. The van der Waals surface area contributed by atoms with Crippen LogP contribution in [0.3, 0.4) is 0 Å². The van der Waals surface area contributed by atoms with Crippen molar-refractivity contribution in [3.63, 3.8) is 0 Å². The fourth-order valence-electron chi connectivity index (χ4n) is 3.59. The summed E-state index contributed by atoms with van der Waals surface area (Å²) in [5, 5.41) is 14.6. The Morgan fingerprint density at radius 3 is 2.45 bits per heavy atom. The topological polar surface area (TPSA) is 97.6 Å². The molecule has 7 heteroatoms. The van der Waals surface area contributed by atoms with Crippen LogP contribution in [-0.2, 0) is 22.3 Å². The molecular formula is C24H38N2O5. The standard InChI is InChI=1S/C24H38N2O5/c1-3-5-6-7-8-9-10-12-19-17-21(26-31-19)24-20(25-23(28)18-22(24)27)13-11-14-30-16-15-29-4-2/h17-18H,3-16H2,1-2H3,(H2,25,27,28). The lowest BCUT2D eigenvalue weighted by atomic mass is 10.0. The molecule has 0 aliphatic heterocycles. The fourth-order valence-corrected chi connectivity index (χ4v) is 3.59. The predicted molar refractivity (Wildman–Crippen MR) is 122 cm³/mol. The number of unbranched alkanes of at least 4 members (excludes halogenated alkanes) is 6. The van der Waals surface area contributed by atoms with Gasteiger partial charge >= 0.3 is 0 Å². The van der Waals surface area contributed by atoms with Crippen molar-refractivity contribution in [1.82, 2.24) is 10.1 Å². The molecule has 31 heavy (non-hydrogen) atoms. The van der Waals surface area contributed by atoms with Crippen molar-refractivity contribution in [2.45, 2.75) is 78.1 Å². The number of pyridine rings is 1. The number of aromatic amines is 1. The first-order valence-electron chi connectivity index (χ1n) is 11.7. The lowest BCUT2D eigenvalue weighted by molar-refractivity contribution is 0.0519. The molecule has 2 aromatic heterocycles. The molecule has 0 bridgehead atoms. The molecule has 7 nitrogen and oxygen atoms in total. The summed E-state index contributed by atoms with van der Waals surface area (Å²) < 4.78 is 16.3. The van der Waals surface area contributed by atoms with Crippen LogP contribution in [0.15, 0.2) is 21.5 Å². The van der Waals surface area contributed by atoms with E-state index in [1.807, 2.05) is 13.0 Å². The summed E-state index contributed by atoms with van der Waals surface area (Å²) in [5.41, 5.74) is 1.40. The summed E-state index contributed by atoms with van der Waals surface area (Å²) in [6.07, 6.45) is 10.8. The van der Waals surface area contributed by atoms with Gasteiger partial charge in [-0.05, 0) is 26.2 Å². The highest BCUT2D eigenvalue weighted by Crippen LogP contribution is 2.31. The Morgan fingerprint density at radius 1 is 0.935 bits per heavy atom. The molecule has 2 aromatic rings. The highest BCUT2D eigenvalue weighted by molar-refractivity contribution is 5.68. The van der Waals surface area contributed by atoms with Crippen LogP contribution in [0.4, 0.5) is 0 Å². The molecule has 0 aliphatic carbocycles. The maximum Gasteiger partial charge on any atom is 0.251 e. The Morgan fingerprint density at radius 2 is 1.68 bits per heavy atom. The van der Waals surface area contributed by atoms with Crippen LogP contribution in [0.25, 0.3) is 11.3 Å².